The van der Waals surface area contributed by atoms with Gasteiger partial charge in [-0.1, -0.05) is 18.2 Å². The average molecular weight is 514 g/mol. The van der Waals surface area contributed by atoms with Crippen LogP contribution < -0.4 is 20.7 Å². The van der Waals surface area contributed by atoms with Crippen LogP contribution in [0.5, 0.6) is 5.75 Å². The summed E-state index contributed by atoms with van der Waals surface area (Å²) in [5.74, 6) is 0.253. The number of amides is 1. The van der Waals surface area contributed by atoms with Gasteiger partial charge in [-0.3, -0.25) is 4.79 Å². The van der Waals surface area contributed by atoms with Gasteiger partial charge in [0.1, 0.15) is 5.75 Å². The lowest BCUT2D eigenvalue weighted by Crippen LogP contribution is -2.38. The van der Waals surface area contributed by atoms with Crippen LogP contribution >= 0.6 is 24.0 Å². The number of alkyl halides is 3. The first kappa shape index (κ1) is 24.3. The molecule has 0 atom stereocenters. The number of benzene rings is 1. The molecule has 0 radical (unpaired) electrons. The monoisotopic (exact) mass is 514 g/mol. The summed E-state index contributed by atoms with van der Waals surface area (Å²) in [6.45, 7) is 3.06. The van der Waals surface area contributed by atoms with Crippen LogP contribution in [0.2, 0.25) is 0 Å². The minimum absolute atomic E-state index is 0. The van der Waals surface area contributed by atoms with Crippen LogP contribution in [0.4, 0.5) is 13.2 Å². The van der Waals surface area contributed by atoms with Crippen LogP contribution in [0, 0.1) is 0 Å². The van der Waals surface area contributed by atoms with Crippen molar-refractivity contribution in [3.8, 4) is 5.75 Å². The van der Waals surface area contributed by atoms with E-state index in [1.165, 1.54) is 18.2 Å². The molecule has 0 aliphatic heterocycles. The predicted octanol–water partition coefficient (Wildman–Crippen LogP) is 3.32. The van der Waals surface area contributed by atoms with E-state index in [-0.39, 0.29) is 42.2 Å². The summed E-state index contributed by atoms with van der Waals surface area (Å²) in [7, 11) is 0. The SMILES string of the molecule is CCNC(=NCc1ccccc1OC(F)(F)F)NCCCC(=O)NC1CC1.I. The van der Waals surface area contributed by atoms with E-state index >= 15 is 0 Å². The zero-order valence-electron chi connectivity index (χ0n) is 15.6. The van der Waals surface area contributed by atoms with Gasteiger partial charge in [0.2, 0.25) is 5.91 Å². The first-order valence-electron chi connectivity index (χ1n) is 9.02. The van der Waals surface area contributed by atoms with Gasteiger partial charge in [0.25, 0.3) is 0 Å². The number of rotatable bonds is 9. The van der Waals surface area contributed by atoms with Crippen LogP contribution in [0.3, 0.4) is 0 Å². The molecule has 10 heteroatoms. The fourth-order valence-electron chi connectivity index (χ4n) is 2.35. The Kier molecular flexibility index (Phi) is 10.4. The highest BCUT2D eigenvalue weighted by atomic mass is 127. The van der Waals surface area contributed by atoms with Crippen LogP contribution in [0.1, 0.15) is 38.2 Å². The number of hydrogen-bond acceptors (Lipinski definition) is 3. The zero-order chi connectivity index (χ0) is 19.7. The fourth-order valence-corrected chi connectivity index (χ4v) is 2.35. The third-order valence-corrected chi connectivity index (χ3v) is 3.77. The first-order valence-corrected chi connectivity index (χ1v) is 9.02. The summed E-state index contributed by atoms with van der Waals surface area (Å²) in [5.41, 5.74) is 0.329. The van der Waals surface area contributed by atoms with Crippen LogP contribution in [0.15, 0.2) is 29.3 Å². The number of para-hydroxylation sites is 1. The third-order valence-electron chi connectivity index (χ3n) is 3.77. The van der Waals surface area contributed by atoms with Crippen molar-refractivity contribution in [2.24, 2.45) is 4.99 Å². The molecule has 1 aliphatic carbocycles. The lowest BCUT2D eigenvalue weighted by molar-refractivity contribution is -0.274. The van der Waals surface area contributed by atoms with Crippen molar-refractivity contribution in [1.29, 1.82) is 0 Å². The van der Waals surface area contributed by atoms with E-state index in [4.69, 9.17) is 0 Å². The van der Waals surface area contributed by atoms with Crippen molar-refractivity contribution in [2.45, 2.75) is 51.6 Å². The van der Waals surface area contributed by atoms with Crippen molar-refractivity contribution < 1.29 is 22.7 Å². The molecule has 0 heterocycles. The predicted molar refractivity (Wildman–Crippen MR) is 112 cm³/mol. The van der Waals surface area contributed by atoms with Gasteiger partial charge < -0.3 is 20.7 Å². The molecule has 1 amide bonds. The van der Waals surface area contributed by atoms with Gasteiger partial charge in [-0.15, -0.1) is 37.1 Å². The van der Waals surface area contributed by atoms with Gasteiger partial charge in [0, 0.05) is 31.1 Å². The fraction of sp³-hybridized carbons (Fsp3) is 0.556. The minimum Gasteiger partial charge on any atom is -0.405 e. The molecule has 2 rings (SSSR count). The van der Waals surface area contributed by atoms with Gasteiger partial charge in [0.15, 0.2) is 5.96 Å². The molecule has 0 aromatic heterocycles. The largest absolute Gasteiger partial charge is 0.573 e. The molecular weight excluding hydrogens is 488 g/mol. The molecule has 28 heavy (non-hydrogen) atoms. The highest BCUT2D eigenvalue weighted by Crippen LogP contribution is 2.26. The second-order valence-electron chi connectivity index (χ2n) is 6.22. The molecule has 1 aliphatic rings. The summed E-state index contributed by atoms with van der Waals surface area (Å²) in [6, 6.07) is 6.26. The van der Waals surface area contributed by atoms with Crippen molar-refractivity contribution in [1.82, 2.24) is 16.0 Å². The van der Waals surface area contributed by atoms with Crippen LogP contribution in [-0.4, -0.2) is 37.4 Å². The number of nitrogens with one attached hydrogen (secondary N) is 3. The molecule has 158 valence electrons. The minimum atomic E-state index is -4.75. The standard InChI is InChI=1S/C18H25F3N4O2.HI/c1-2-22-17(23-11-5-8-16(26)25-14-9-10-14)24-12-13-6-3-4-7-15(13)27-18(19,20)21;/h3-4,6-7,14H,2,5,8-12H2,1H3,(H,25,26)(H2,22,23,24);1H. The van der Waals surface area contributed by atoms with Gasteiger partial charge in [-0.2, -0.15) is 0 Å². The molecule has 0 spiro atoms. The Morgan fingerprint density at radius 2 is 1.96 bits per heavy atom. The maximum atomic E-state index is 12.5. The maximum Gasteiger partial charge on any atom is 0.573 e. The van der Waals surface area contributed by atoms with Crippen LogP contribution in [-0.2, 0) is 11.3 Å². The topological polar surface area (TPSA) is 74.8 Å². The highest BCUT2D eigenvalue weighted by Gasteiger charge is 2.31. The number of nitrogens with zero attached hydrogens (tertiary/aromatic N) is 1. The Labute approximate surface area is 179 Å². The van der Waals surface area contributed by atoms with Gasteiger partial charge in [-0.25, -0.2) is 4.99 Å². The number of halogens is 4. The summed E-state index contributed by atoms with van der Waals surface area (Å²) >= 11 is 0. The Bertz CT molecular complexity index is 652. The second kappa shape index (κ2) is 12.0. The Morgan fingerprint density at radius 3 is 2.61 bits per heavy atom. The molecule has 1 aromatic carbocycles. The van der Waals surface area contributed by atoms with E-state index in [1.54, 1.807) is 6.07 Å². The van der Waals surface area contributed by atoms with Crippen LogP contribution in [0.25, 0.3) is 0 Å². The number of ether oxygens (including phenoxy) is 1. The van der Waals surface area contributed by atoms with E-state index < -0.39 is 6.36 Å². The van der Waals surface area contributed by atoms with Crippen molar-refractivity contribution in [3.05, 3.63) is 29.8 Å². The Hall–Kier alpha value is -1.72. The van der Waals surface area contributed by atoms with Crippen molar-refractivity contribution >= 4 is 35.8 Å². The molecule has 0 unspecified atom stereocenters. The number of aliphatic imine (C=N–C) groups is 1. The molecule has 6 nitrogen and oxygen atoms in total. The first-order chi connectivity index (χ1) is 12.9. The van der Waals surface area contributed by atoms with Gasteiger partial charge in [0.05, 0.1) is 6.54 Å². The molecule has 1 fully saturated rings. The molecule has 3 N–H and O–H groups in total. The van der Waals surface area contributed by atoms with E-state index in [1.807, 2.05) is 6.92 Å². The van der Waals surface area contributed by atoms with Crippen molar-refractivity contribution in [3.63, 3.8) is 0 Å². The maximum absolute atomic E-state index is 12.5. The van der Waals surface area contributed by atoms with Crippen molar-refractivity contribution in [2.75, 3.05) is 13.1 Å². The smallest absolute Gasteiger partial charge is 0.405 e. The van der Waals surface area contributed by atoms with E-state index in [2.05, 4.69) is 25.7 Å². The summed E-state index contributed by atoms with van der Waals surface area (Å²) in [4.78, 5) is 15.9. The average Bonchev–Trinajstić information content (AvgIpc) is 3.40. The molecule has 0 saturated heterocycles. The Balaban J connectivity index is 0.00000392. The molecular formula is C18H26F3IN4O2. The zero-order valence-corrected chi connectivity index (χ0v) is 18.0. The quantitative estimate of drug-likeness (QED) is 0.205. The Morgan fingerprint density at radius 1 is 1.25 bits per heavy atom. The summed E-state index contributed by atoms with van der Waals surface area (Å²) in [6.07, 6.45) is -1.58. The lowest BCUT2D eigenvalue weighted by Gasteiger charge is -2.14. The number of guanidine groups is 1. The molecule has 0 bridgehead atoms. The lowest BCUT2D eigenvalue weighted by atomic mass is 10.2. The normalized spacial score (nSPS) is 14.1. The number of carbonyl (C=O) groups is 1. The molecule has 1 aromatic rings. The van der Waals surface area contributed by atoms with Gasteiger partial charge >= 0.3 is 6.36 Å². The second-order valence-corrected chi connectivity index (χ2v) is 6.22. The highest BCUT2D eigenvalue weighted by molar-refractivity contribution is 14.0. The van der Waals surface area contributed by atoms with E-state index in [0.717, 1.165) is 12.8 Å². The third kappa shape index (κ3) is 10.00. The number of carbonyl (C=O) groups excluding carboxylic acids is 1. The van der Waals surface area contributed by atoms with E-state index in [0.29, 0.717) is 43.5 Å². The molecule has 1 saturated carbocycles. The summed E-state index contributed by atoms with van der Waals surface area (Å²) < 4.78 is 41.5. The van der Waals surface area contributed by atoms with E-state index in [9.17, 15) is 18.0 Å². The van der Waals surface area contributed by atoms with Gasteiger partial charge in [-0.05, 0) is 32.3 Å². The summed E-state index contributed by atoms with van der Waals surface area (Å²) in [5, 5.41) is 9.03. The number of hydrogen-bond donors (Lipinski definition) is 3.